The van der Waals surface area contributed by atoms with Crippen LogP contribution >= 0.6 is 11.3 Å². The molecule has 3 heterocycles. The molecule has 150 valence electrons. The fourth-order valence-corrected chi connectivity index (χ4v) is 3.77. The first kappa shape index (κ1) is 20.1. The van der Waals surface area contributed by atoms with Crippen molar-refractivity contribution in [1.29, 1.82) is 0 Å². The van der Waals surface area contributed by atoms with Crippen LogP contribution < -0.4 is 11.2 Å². The highest BCUT2D eigenvalue weighted by Crippen LogP contribution is 2.14. The van der Waals surface area contributed by atoms with Crippen molar-refractivity contribution in [1.82, 2.24) is 19.1 Å². The molecule has 28 heavy (non-hydrogen) atoms. The van der Waals surface area contributed by atoms with Crippen LogP contribution in [0.5, 0.6) is 0 Å². The number of thiophene rings is 1. The van der Waals surface area contributed by atoms with E-state index in [0.717, 1.165) is 25.7 Å². The summed E-state index contributed by atoms with van der Waals surface area (Å²) >= 11 is 1.67. The second-order valence-corrected chi connectivity index (χ2v) is 7.65. The molecule has 0 radical (unpaired) electrons. The smallest absolute Gasteiger partial charge is 0.330 e. The number of esters is 1. The van der Waals surface area contributed by atoms with Crippen molar-refractivity contribution in [3.05, 3.63) is 49.1 Å². The number of ether oxygens (including phenoxy) is 1. The van der Waals surface area contributed by atoms with E-state index in [4.69, 9.17) is 4.74 Å². The molecular weight excluding hydrogens is 380 g/mol. The maximum atomic E-state index is 12.2. The van der Waals surface area contributed by atoms with Crippen molar-refractivity contribution in [2.45, 2.75) is 52.2 Å². The SMILES string of the molecule is CCCCn1c(=O)[nH]c(=O)c2c1nc(COC(=O)CCCc1cccs1)n2C. The van der Waals surface area contributed by atoms with E-state index in [-0.39, 0.29) is 12.6 Å². The van der Waals surface area contributed by atoms with Gasteiger partial charge in [-0.05, 0) is 30.7 Å². The van der Waals surface area contributed by atoms with Gasteiger partial charge in [-0.3, -0.25) is 19.1 Å². The summed E-state index contributed by atoms with van der Waals surface area (Å²) in [6, 6.07) is 4.04. The number of unbranched alkanes of at least 4 members (excludes halogenated alkanes) is 1. The Balaban J connectivity index is 1.70. The molecule has 1 N–H and O–H groups in total. The van der Waals surface area contributed by atoms with Crippen LogP contribution in [0.4, 0.5) is 0 Å². The Hall–Kier alpha value is -2.68. The maximum Gasteiger partial charge on any atom is 0.330 e. The highest BCUT2D eigenvalue weighted by molar-refractivity contribution is 7.09. The summed E-state index contributed by atoms with van der Waals surface area (Å²) in [7, 11) is 1.68. The number of H-pyrrole nitrogens is 1. The van der Waals surface area contributed by atoms with E-state index in [1.165, 1.54) is 9.44 Å². The lowest BCUT2D eigenvalue weighted by Gasteiger charge is -2.05. The molecule has 8 nitrogen and oxygen atoms in total. The van der Waals surface area contributed by atoms with Crippen molar-refractivity contribution in [3.8, 4) is 0 Å². The largest absolute Gasteiger partial charge is 0.458 e. The molecule has 0 saturated heterocycles. The number of nitrogens with zero attached hydrogens (tertiary/aromatic N) is 3. The Morgan fingerprint density at radius 3 is 2.86 bits per heavy atom. The van der Waals surface area contributed by atoms with E-state index in [9.17, 15) is 14.4 Å². The normalized spacial score (nSPS) is 11.2. The van der Waals surface area contributed by atoms with Gasteiger partial charge in [0.25, 0.3) is 5.56 Å². The number of carbonyl (C=O) groups excluding carboxylic acids is 1. The molecule has 3 rings (SSSR count). The lowest BCUT2D eigenvalue weighted by atomic mass is 10.2. The summed E-state index contributed by atoms with van der Waals surface area (Å²) in [5.41, 5.74) is -0.328. The summed E-state index contributed by atoms with van der Waals surface area (Å²) in [5.74, 6) is 0.129. The van der Waals surface area contributed by atoms with Crippen LogP contribution in [0.3, 0.4) is 0 Å². The third-order valence-corrected chi connectivity index (χ3v) is 5.52. The standard InChI is InChI=1S/C19H24N4O4S/c1-3-4-10-23-17-16(18(25)21-19(23)26)22(2)14(20-17)12-27-15(24)9-5-7-13-8-6-11-28-13/h6,8,11H,3-5,7,9-10,12H2,1-2H3,(H,21,25,26). The Kier molecular flexibility index (Phi) is 6.45. The van der Waals surface area contributed by atoms with Crippen molar-refractivity contribution < 1.29 is 9.53 Å². The molecule has 3 aromatic rings. The molecule has 0 spiro atoms. The average molecular weight is 404 g/mol. The van der Waals surface area contributed by atoms with Crippen LogP contribution in [0.25, 0.3) is 11.2 Å². The highest BCUT2D eigenvalue weighted by atomic mass is 32.1. The quantitative estimate of drug-likeness (QED) is 0.552. The molecule has 0 atom stereocenters. The van der Waals surface area contributed by atoms with Gasteiger partial charge in [0.05, 0.1) is 0 Å². The summed E-state index contributed by atoms with van der Waals surface area (Å²) in [5, 5.41) is 2.02. The van der Waals surface area contributed by atoms with Crippen LogP contribution in [-0.2, 0) is 36.2 Å². The number of imidazole rings is 1. The van der Waals surface area contributed by atoms with Crippen LogP contribution in [0.15, 0.2) is 27.1 Å². The zero-order valence-electron chi connectivity index (χ0n) is 16.1. The minimum Gasteiger partial charge on any atom is -0.458 e. The van der Waals surface area contributed by atoms with Gasteiger partial charge in [0.15, 0.2) is 11.2 Å². The predicted molar refractivity (Wildman–Crippen MR) is 108 cm³/mol. The van der Waals surface area contributed by atoms with Gasteiger partial charge in [0.1, 0.15) is 12.4 Å². The van der Waals surface area contributed by atoms with Gasteiger partial charge in [0.2, 0.25) is 0 Å². The highest BCUT2D eigenvalue weighted by Gasteiger charge is 2.17. The summed E-state index contributed by atoms with van der Waals surface area (Å²) in [6.45, 7) is 2.46. The Morgan fingerprint density at radius 1 is 1.32 bits per heavy atom. The Labute approximate surface area is 165 Å². The third kappa shape index (κ3) is 4.41. The summed E-state index contributed by atoms with van der Waals surface area (Å²) < 4.78 is 8.37. The number of hydrogen-bond acceptors (Lipinski definition) is 6. The summed E-state index contributed by atoms with van der Waals surface area (Å²) in [4.78, 5) is 44.4. The Bertz CT molecular complexity index is 1060. The zero-order valence-corrected chi connectivity index (χ0v) is 16.9. The molecule has 0 bridgehead atoms. The van der Waals surface area contributed by atoms with E-state index >= 15 is 0 Å². The molecule has 0 saturated carbocycles. The number of hydrogen-bond donors (Lipinski definition) is 1. The first-order chi connectivity index (χ1) is 13.5. The predicted octanol–water partition coefficient (Wildman–Crippen LogP) is 2.35. The van der Waals surface area contributed by atoms with Crippen LogP contribution in [0.1, 0.15) is 43.3 Å². The van der Waals surface area contributed by atoms with Gasteiger partial charge in [-0.2, -0.15) is 0 Å². The number of rotatable bonds is 9. The van der Waals surface area contributed by atoms with Crippen molar-refractivity contribution >= 4 is 28.5 Å². The lowest BCUT2D eigenvalue weighted by molar-refractivity contribution is -0.145. The lowest BCUT2D eigenvalue weighted by Crippen LogP contribution is -2.31. The number of nitrogens with one attached hydrogen (secondary N) is 1. The fourth-order valence-electron chi connectivity index (χ4n) is 3.02. The fraction of sp³-hybridized carbons (Fsp3) is 0.474. The monoisotopic (exact) mass is 404 g/mol. The van der Waals surface area contributed by atoms with Crippen molar-refractivity contribution in [2.24, 2.45) is 7.05 Å². The van der Waals surface area contributed by atoms with Gasteiger partial charge >= 0.3 is 11.7 Å². The van der Waals surface area contributed by atoms with Crippen molar-refractivity contribution in [2.75, 3.05) is 0 Å². The van der Waals surface area contributed by atoms with Gasteiger partial charge in [-0.15, -0.1) is 11.3 Å². The van der Waals surface area contributed by atoms with E-state index in [0.29, 0.717) is 30.0 Å². The Morgan fingerprint density at radius 2 is 2.14 bits per heavy atom. The van der Waals surface area contributed by atoms with Gasteiger partial charge < -0.3 is 9.30 Å². The first-order valence-corrected chi connectivity index (χ1v) is 10.3. The second kappa shape index (κ2) is 9.01. The van der Waals surface area contributed by atoms with Gasteiger partial charge in [-0.25, -0.2) is 9.78 Å². The number of carbonyl (C=O) groups is 1. The molecule has 0 aliphatic rings. The molecule has 3 aromatic heterocycles. The number of aromatic nitrogens is 4. The maximum absolute atomic E-state index is 12.2. The molecular formula is C19H24N4O4S. The van der Waals surface area contributed by atoms with Gasteiger partial charge in [-0.1, -0.05) is 19.4 Å². The first-order valence-electron chi connectivity index (χ1n) is 9.37. The number of aromatic amines is 1. The van der Waals surface area contributed by atoms with E-state index < -0.39 is 11.2 Å². The van der Waals surface area contributed by atoms with Crippen LogP contribution in [-0.4, -0.2) is 25.1 Å². The molecule has 0 unspecified atom stereocenters. The minimum absolute atomic E-state index is 0.0373. The van der Waals surface area contributed by atoms with Crippen molar-refractivity contribution in [3.63, 3.8) is 0 Å². The minimum atomic E-state index is -0.490. The molecule has 0 aliphatic heterocycles. The number of fused-ring (bicyclic) bond motifs is 1. The second-order valence-electron chi connectivity index (χ2n) is 6.62. The molecule has 0 aromatic carbocycles. The van der Waals surface area contributed by atoms with E-state index in [1.54, 1.807) is 23.0 Å². The molecule has 0 fully saturated rings. The topological polar surface area (TPSA) is 99.0 Å². The molecule has 0 aliphatic carbocycles. The summed E-state index contributed by atoms with van der Waals surface area (Å²) in [6.07, 6.45) is 3.60. The van der Waals surface area contributed by atoms with E-state index in [2.05, 4.69) is 9.97 Å². The molecule has 9 heteroatoms. The zero-order chi connectivity index (χ0) is 20.1. The number of aryl methyl sites for hydroxylation is 3. The van der Waals surface area contributed by atoms with Gasteiger partial charge in [0, 0.05) is 24.9 Å². The van der Waals surface area contributed by atoms with E-state index in [1.807, 2.05) is 24.4 Å². The molecule has 0 amide bonds. The average Bonchev–Trinajstić information content (AvgIpc) is 3.28. The van der Waals surface area contributed by atoms with Crippen LogP contribution in [0.2, 0.25) is 0 Å². The third-order valence-electron chi connectivity index (χ3n) is 4.59. The van der Waals surface area contributed by atoms with Crippen LogP contribution in [0, 0.1) is 0 Å².